The molecule has 2 fully saturated rings. The topological polar surface area (TPSA) is 284 Å². The minimum Gasteiger partial charge on any atom is -0.458 e. The van der Waals surface area contributed by atoms with E-state index in [1.807, 2.05) is 24.3 Å². The first kappa shape index (κ1) is 59.1. The zero-order valence-electron chi connectivity index (χ0n) is 46.2. The van der Waals surface area contributed by atoms with Crippen molar-refractivity contribution < 1.29 is 57.2 Å². The maximum atomic E-state index is 15.6. The summed E-state index contributed by atoms with van der Waals surface area (Å²) in [5.41, 5.74) is -4.75. The molecule has 5 aromatic carbocycles. The van der Waals surface area contributed by atoms with Crippen LogP contribution in [0.3, 0.4) is 0 Å². The van der Waals surface area contributed by atoms with E-state index in [9.17, 15) is 30.6 Å². The maximum absolute atomic E-state index is 15.6. The molecule has 2 saturated heterocycles. The SMILES string of the molecule is CCN1C(=O)C(=Nc2cc3c(s2)-c2cc4c(cc2C(C(=O)OCc2ccccc2)(C(=O)OCc2ccccc2)O3)-c2sc(N=C3SC(=C(C#N)C#N)N(CC)C3=O)cc2OC4(C(=O)OCc2ccccc2)C(=O)OCc2ccccc2)SC1=C(C#N)C#N. The summed E-state index contributed by atoms with van der Waals surface area (Å²) in [6.45, 7) is 2.01. The van der Waals surface area contributed by atoms with E-state index in [1.54, 1.807) is 135 Å². The Hall–Kier alpha value is -10.6. The first-order chi connectivity index (χ1) is 42.8. The summed E-state index contributed by atoms with van der Waals surface area (Å²) >= 11 is 3.43. The van der Waals surface area contributed by atoms with Crippen molar-refractivity contribution in [2.45, 2.75) is 51.5 Å². The van der Waals surface area contributed by atoms with Crippen molar-refractivity contribution >= 4 is 102 Å². The van der Waals surface area contributed by atoms with E-state index in [-0.39, 0.29) is 124 Å². The molecule has 2 aromatic heterocycles. The predicted octanol–water partition coefficient (Wildman–Crippen LogP) is 11.1. The van der Waals surface area contributed by atoms with Gasteiger partial charge in [0.25, 0.3) is 11.8 Å². The third-order valence-electron chi connectivity index (χ3n) is 14.0. The van der Waals surface area contributed by atoms with E-state index in [0.29, 0.717) is 22.3 Å². The average molecular weight is 1240 g/mol. The Morgan fingerprint density at radius 2 is 0.773 bits per heavy atom. The van der Waals surface area contributed by atoms with Crippen LogP contribution in [0.25, 0.3) is 20.9 Å². The summed E-state index contributed by atoms with van der Waals surface area (Å²) in [7, 11) is 0. The molecule has 11 rings (SSSR count). The highest BCUT2D eigenvalue weighted by Gasteiger charge is 2.62. The lowest BCUT2D eigenvalue weighted by molar-refractivity contribution is -0.185. The first-order valence-electron chi connectivity index (χ1n) is 26.7. The van der Waals surface area contributed by atoms with E-state index in [2.05, 4.69) is 0 Å². The molecule has 0 N–H and O–H groups in total. The minimum atomic E-state index is -2.89. The molecular formula is C64H42N8O12S4. The fraction of sp³-hybridized carbons (Fsp3) is 0.156. The number of esters is 4. The Labute approximate surface area is 518 Å². The van der Waals surface area contributed by atoms with Crippen LogP contribution in [-0.4, -0.2) is 68.7 Å². The van der Waals surface area contributed by atoms with Gasteiger partial charge in [-0.1, -0.05) is 121 Å². The molecule has 6 heterocycles. The highest BCUT2D eigenvalue weighted by molar-refractivity contribution is 8.20. The second-order valence-corrected chi connectivity index (χ2v) is 23.3. The summed E-state index contributed by atoms with van der Waals surface area (Å²) in [5.74, 6) is -6.61. The number of rotatable bonds is 16. The molecule has 4 aliphatic rings. The van der Waals surface area contributed by atoms with Gasteiger partial charge in [0.15, 0.2) is 21.2 Å². The molecule has 4 aliphatic heterocycles. The van der Waals surface area contributed by atoms with Gasteiger partial charge in [0, 0.05) is 47.5 Å². The summed E-state index contributed by atoms with van der Waals surface area (Å²) in [5, 5.41) is 39.3. The predicted molar refractivity (Wildman–Crippen MR) is 323 cm³/mol. The van der Waals surface area contributed by atoms with Crippen LogP contribution in [0.5, 0.6) is 11.5 Å². The Morgan fingerprint density at radius 3 is 1.05 bits per heavy atom. The molecule has 0 bridgehead atoms. The number of aliphatic imine (C=N–C) groups is 2. The number of hydrogen-bond donors (Lipinski definition) is 0. The van der Waals surface area contributed by atoms with E-state index in [0.717, 1.165) is 46.2 Å². The number of hydrogen-bond acceptors (Lipinski definition) is 22. The molecule has 0 aliphatic carbocycles. The van der Waals surface area contributed by atoms with Crippen LogP contribution >= 0.6 is 46.2 Å². The van der Waals surface area contributed by atoms with Crippen molar-refractivity contribution in [2.24, 2.45) is 9.98 Å². The molecule has 434 valence electrons. The van der Waals surface area contributed by atoms with Gasteiger partial charge in [0.05, 0.1) is 9.75 Å². The molecule has 0 spiro atoms. The van der Waals surface area contributed by atoms with Gasteiger partial charge in [-0.15, -0.1) is 22.7 Å². The molecule has 2 amide bonds. The maximum Gasteiger partial charge on any atom is 0.367 e. The smallest absolute Gasteiger partial charge is 0.367 e. The average Bonchev–Trinajstić information content (AvgIpc) is 1.24. The lowest BCUT2D eigenvalue weighted by atomic mass is 9.78. The molecule has 0 unspecified atom stereocenters. The number of allylic oxidation sites excluding steroid dienone is 2. The Kier molecular flexibility index (Phi) is 16.9. The van der Waals surface area contributed by atoms with Crippen LogP contribution in [0.1, 0.15) is 47.2 Å². The van der Waals surface area contributed by atoms with Crippen molar-refractivity contribution in [3.8, 4) is 56.7 Å². The second kappa shape index (κ2) is 25.2. The molecule has 0 radical (unpaired) electrons. The summed E-state index contributed by atoms with van der Waals surface area (Å²) in [4.78, 5) is 103. The Balaban J connectivity index is 1.18. The van der Waals surface area contributed by atoms with Crippen molar-refractivity contribution in [1.82, 2.24) is 9.80 Å². The number of thioether (sulfide) groups is 2. The number of nitrogens with zero attached hydrogens (tertiary/aromatic N) is 8. The van der Waals surface area contributed by atoms with Crippen molar-refractivity contribution in [3.63, 3.8) is 0 Å². The zero-order chi connectivity index (χ0) is 61.7. The number of fused-ring (bicyclic) bond motifs is 6. The minimum absolute atomic E-state index is 0.0138. The largest absolute Gasteiger partial charge is 0.458 e. The monoisotopic (exact) mass is 1240 g/mol. The van der Waals surface area contributed by atoms with Crippen LogP contribution < -0.4 is 9.47 Å². The molecule has 7 aromatic rings. The van der Waals surface area contributed by atoms with Crippen LogP contribution in [0.4, 0.5) is 10.0 Å². The summed E-state index contributed by atoms with van der Waals surface area (Å²) < 4.78 is 37.9. The van der Waals surface area contributed by atoms with E-state index >= 15 is 19.2 Å². The fourth-order valence-electron chi connectivity index (χ4n) is 9.76. The molecule has 88 heavy (non-hydrogen) atoms. The summed E-state index contributed by atoms with van der Waals surface area (Å²) in [6.07, 6.45) is 0. The highest BCUT2D eigenvalue weighted by atomic mass is 32.2. The van der Waals surface area contributed by atoms with Gasteiger partial charge in [-0.25, -0.2) is 29.2 Å². The van der Waals surface area contributed by atoms with Crippen molar-refractivity contribution in [1.29, 1.82) is 21.0 Å². The summed E-state index contributed by atoms with van der Waals surface area (Å²) in [6, 6.07) is 47.3. The van der Waals surface area contributed by atoms with Crippen LogP contribution in [0, 0.1) is 45.3 Å². The van der Waals surface area contributed by atoms with Gasteiger partial charge in [-0.05, 0) is 71.8 Å². The number of amides is 2. The van der Waals surface area contributed by atoms with Crippen LogP contribution in [0.2, 0.25) is 0 Å². The standard InChI is InChI=1S/C64H42N8O12S4/c1-3-71-55(73)53(87-57(71)41(29-65)30-66)69-49-27-47-51(85-49)43-25-46-44(26-45(43)63(83-47,59(75)79-33-37-17-9-5-10-18-37)60(76)80-34-38-19-11-6-12-20-38)52-48(28-50(86-52)70-54-56(74)72(4-2)58(88-54)42(31-67)32-68)84-64(46,61(77)81-35-39-21-13-7-14-22-39)62(78)82-36-40-23-15-8-16-24-40/h5-28H,3-4,33-36H2,1-2H3. The van der Waals surface area contributed by atoms with E-state index in [4.69, 9.17) is 38.4 Å². The third kappa shape index (κ3) is 10.9. The number of benzene rings is 5. The number of thiophene rings is 2. The normalized spacial score (nSPS) is 15.6. The van der Waals surface area contributed by atoms with Gasteiger partial charge in [0.1, 0.15) is 82.3 Å². The molecule has 20 nitrogen and oxygen atoms in total. The number of carbonyl (C=O) groups is 6. The van der Waals surface area contributed by atoms with Gasteiger partial charge in [0.2, 0.25) is 0 Å². The van der Waals surface area contributed by atoms with Gasteiger partial charge in [-0.3, -0.25) is 19.4 Å². The molecular weight excluding hydrogens is 1200 g/mol. The molecule has 0 saturated carbocycles. The number of ether oxygens (including phenoxy) is 6. The van der Waals surface area contributed by atoms with Gasteiger partial charge in [-0.2, -0.15) is 21.0 Å². The van der Waals surface area contributed by atoms with E-state index in [1.165, 1.54) is 34.1 Å². The van der Waals surface area contributed by atoms with Crippen molar-refractivity contribution in [2.75, 3.05) is 13.1 Å². The van der Waals surface area contributed by atoms with Gasteiger partial charge < -0.3 is 28.4 Å². The fourth-order valence-corrected chi connectivity index (χ4v) is 13.9. The highest BCUT2D eigenvalue weighted by Crippen LogP contribution is 2.59. The lowest BCUT2D eigenvalue weighted by Gasteiger charge is -2.39. The quantitative estimate of drug-likeness (QED) is 0.0376. The van der Waals surface area contributed by atoms with Crippen LogP contribution in [0.15, 0.2) is 177 Å². The number of carbonyl (C=O) groups excluding carboxylic acids is 6. The van der Waals surface area contributed by atoms with Crippen LogP contribution in [-0.2, 0) is 85.3 Å². The van der Waals surface area contributed by atoms with Gasteiger partial charge >= 0.3 is 35.1 Å². The molecule has 0 atom stereocenters. The zero-order valence-corrected chi connectivity index (χ0v) is 49.5. The van der Waals surface area contributed by atoms with Crippen molar-refractivity contribution in [3.05, 3.63) is 200 Å². The third-order valence-corrected chi connectivity index (χ3v) is 18.2. The Bertz CT molecular complexity index is 3920. The second-order valence-electron chi connectivity index (χ2n) is 19.3. The lowest BCUT2D eigenvalue weighted by Crippen LogP contribution is -2.54. The molecule has 24 heteroatoms. The van der Waals surface area contributed by atoms with E-state index < -0.39 is 46.9 Å². The number of nitriles is 4. The Morgan fingerprint density at radius 1 is 0.477 bits per heavy atom. The first-order valence-corrected chi connectivity index (χ1v) is 30.0.